The normalized spacial score (nSPS) is 11.6. The Labute approximate surface area is 84.7 Å². The molecule has 1 nitrogen and oxygen atoms in total. The van der Waals surface area contributed by atoms with Crippen molar-refractivity contribution < 1.29 is 0 Å². The van der Waals surface area contributed by atoms with Crippen LogP contribution in [0.5, 0.6) is 0 Å². The number of thioether (sulfide) groups is 1. The average molecular weight is 195 g/mol. The monoisotopic (exact) mass is 195 g/mol. The van der Waals surface area contributed by atoms with Gasteiger partial charge >= 0.3 is 0 Å². The fourth-order valence-electron chi connectivity index (χ4n) is 0.983. The van der Waals surface area contributed by atoms with Crippen LogP contribution in [0.25, 0.3) is 0 Å². The number of anilines is 1. The van der Waals surface area contributed by atoms with Crippen molar-refractivity contribution in [3.63, 3.8) is 0 Å². The molecular weight excluding hydrogens is 178 g/mol. The summed E-state index contributed by atoms with van der Waals surface area (Å²) in [5, 5.41) is 0. The van der Waals surface area contributed by atoms with Crippen molar-refractivity contribution in [1.29, 1.82) is 0 Å². The van der Waals surface area contributed by atoms with E-state index in [1.165, 1.54) is 5.56 Å². The predicted octanol–water partition coefficient (Wildman–Crippen LogP) is 3.30. The largest absolute Gasteiger partial charge is 0.399 e. The van der Waals surface area contributed by atoms with Crippen LogP contribution >= 0.6 is 11.8 Å². The lowest BCUT2D eigenvalue weighted by atomic mass is 10.2. The average Bonchev–Trinajstić information content (AvgIpc) is 2.00. The maximum absolute atomic E-state index is 5.69. The number of nitrogens with two attached hydrogens (primary N) is 1. The van der Waals surface area contributed by atoms with Crippen LogP contribution in [0.4, 0.5) is 5.69 Å². The highest BCUT2D eigenvalue weighted by Crippen LogP contribution is 2.27. The van der Waals surface area contributed by atoms with E-state index in [-0.39, 0.29) is 0 Å². The molecule has 0 aromatic heterocycles. The minimum Gasteiger partial charge on any atom is -0.399 e. The molecular formula is C11H17NS. The molecule has 1 aromatic rings. The molecule has 0 fully saturated rings. The second kappa shape index (κ2) is 4.05. The molecule has 72 valence electrons. The second-order valence-corrected chi connectivity index (χ2v) is 5.95. The summed E-state index contributed by atoms with van der Waals surface area (Å²) in [4.78, 5) is 0. The Kier molecular flexibility index (Phi) is 3.26. The van der Waals surface area contributed by atoms with E-state index in [0.717, 1.165) is 11.4 Å². The summed E-state index contributed by atoms with van der Waals surface area (Å²) in [5.74, 6) is 1.04. The fraction of sp³-hybridized carbons (Fsp3) is 0.455. The highest BCUT2D eigenvalue weighted by atomic mass is 32.2. The van der Waals surface area contributed by atoms with Gasteiger partial charge in [0.15, 0.2) is 0 Å². The van der Waals surface area contributed by atoms with Crippen molar-refractivity contribution in [2.75, 3.05) is 5.73 Å². The summed E-state index contributed by atoms with van der Waals surface area (Å²) in [6.45, 7) is 6.68. The summed E-state index contributed by atoms with van der Waals surface area (Å²) in [5.41, 5.74) is 7.85. The molecule has 0 unspecified atom stereocenters. The van der Waals surface area contributed by atoms with Gasteiger partial charge in [-0.2, -0.15) is 11.8 Å². The molecule has 0 aliphatic carbocycles. The number of rotatable bonds is 2. The lowest BCUT2D eigenvalue weighted by molar-refractivity contribution is 0.802. The summed E-state index contributed by atoms with van der Waals surface area (Å²) >= 11 is 1.94. The molecule has 0 saturated heterocycles. The SMILES string of the molecule is CC(C)(C)SCc1cccc(N)c1. The zero-order valence-electron chi connectivity index (χ0n) is 8.50. The minimum atomic E-state index is 0.324. The minimum absolute atomic E-state index is 0.324. The quantitative estimate of drug-likeness (QED) is 0.733. The maximum atomic E-state index is 5.69. The van der Waals surface area contributed by atoms with Gasteiger partial charge in [-0.3, -0.25) is 0 Å². The fourth-order valence-corrected chi connectivity index (χ4v) is 1.76. The van der Waals surface area contributed by atoms with Crippen molar-refractivity contribution in [3.05, 3.63) is 29.8 Å². The van der Waals surface area contributed by atoms with Crippen LogP contribution in [0.2, 0.25) is 0 Å². The van der Waals surface area contributed by atoms with E-state index >= 15 is 0 Å². The highest BCUT2D eigenvalue weighted by molar-refractivity contribution is 7.99. The Morgan fingerprint density at radius 2 is 2.00 bits per heavy atom. The third-order valence-electron chi connectivity index (χ3n) is 1.62. The molecule has 0 spiro atoms. The molecule has 0 aliphatic rings. The van der Waals surface area contributed by atoms with Crippen LogP contribution in [0.1, 0.15) is 26.3 Å². The molecule has 1 aromatic carbocycles. The van der Waals surface area contributed by atoms with Gasteiger partial charge in [-0.25, -0.2) is 0 Å². The topological polar surface area (TPSA) is 26.0 Å². The van der Waals surface area contributed by atoms with E-state index < -0.39 is 0 Å². The third-order valence-corrected chi connectivity index (χ3v) is 2.97. The third kappa shape index (κ3) is 4.23. The molecule has 0 amide bonds. The molecule has 13 heavy (non-hydrogen) atoms. The van der Waals surface area contributed by atoms with E-state index in [4.69, 9.17) is 5.73 Å². The first-order valence-electron chi connectivity index (χ1n) is 4.46. The van der Waals surface area contributed by atoms with Crippen molar-refractivity contribution in [3.8, 4) is 0 Å². The van der Waals surface area contributed by atoms with Gasteiger partial charge in [-0.15, -0.1) is 0 Å². The standard InChI is InChI=1S/C11H17NS/c1-11(2,3)13-8-9-5-4-6-10(12)7-9/h4-7H,8,12H2,1-3H3. The van der Waals surface area contributed by atoms with Gasteiger partial charge in [0, 0.05) is 16.2 Å². The van der Waals surface area contributed by atoms with E-state index in [1.54, 1.807) is 0 Å². The van der Waals surface area contributed by atoms with E-state index in [0.29, 0.717) is 4.75 Å². The van der Waals surface area contributed by atoms with Crippen molar-refractivity contribution in [2.24, 2.45) is 0 Å². The van der Waals surface area contributed by atoms with Crippen molar-refractivity contribution in [1.82, 2.24) is 0 Å². The second-order valence-electron chi connectivity index (χ2n) is 4.15. The molecule has 2 N–H and O–H groups in total. The van der Waals surface area contributed by atoms with Crippen LogP contribution in [0, 0.1) is 0 Å². The number of nitrogen functional groups attached to an aromatic ring is 1. The molecule has 2 heteroatoms. The van der Waals surface area contributed by atoms with Crippen LogP contribution in [-0.4, -0.2) is 4.75 Å². The van der Waals surface area contributed by atoms with Gasteiger partial charge in [-0.1, -0.05) is 32.9 Å². The van der Waals surface area contributed by atoms with E-state index in [1.807, 2.05) is 30.0 Å². The molecule has 0 aliphatic heterocycles. The number of benzene rings is 1. The first-order chi connectivity index (χ1) is 5.97. The summed E-state index contributed by atoms with van der Waals surface area (Å²) < 4.78 is 0.324. The van der Waals surface area contributed by atoms with E-state index in [9.17, 15) is 0 Å². The molecule has 0 heterocycles. The maximum Gasteiger partial charge on any atom is 0.0317 e. The highest BCUT2D eigenvalue weighted by Gasteiger charge is 2.10. The first-order valence-corrected chi connectivity index (χ1v) is 5.44. The smallest absolute Gasteiger partial charge is 0.0317 e. The molecule has 0 atom stereocenters. The Morgan fingerprint density at radius 3 is 2.54 bits per heavy atom. The lowest BCUT2D eigenvalue weighted by Crippen LogP contribution is -2.07. The number of hydrogen-bond acceptors (Lipinski definition) is 2. The Balaban J connectivity index is 2.55. The van der Waals surface area contributed by atoms with Gasteiger partial charge in [0.1, 0.15) is 0 Å². The van der Waals surface area contributed by atoms with Crippen LogP contribution in [-0.2, 0) is 5.75 Å². The van der Waals surface area contributed by atoms with Gasteiger partial charge in [-0.05, 0) is 17.7 Å². The first kappa shape index (κ1) is 10.5. The summed E-state index contributed by atoms with van der Waals surface area (Å²) in [6, 6.07) is 8.09. The predicted molar refractivity (Wildman–Crippen MR) is 61.9 cm³/mol. The van der Waals surface area contributed by atoms with Crippen molar-refractivity contribution in [2.45, 2.75) is 31.3 Å². The molecule has 0 radical (unpaired) electrons. The summed E-state index contributed by atoms with van der Waals surface area (Å²) in [6.07, 6.45) is 0. The van der Waals surface area contributed by atoms with Crippen LogP contribution < -0.4 is 5.73 Å². The van der Waals surface area contributed by atoms with E-state index in [2.05, 4.69) is 26.8 Å². The van der Waals surface area contributed by atoms with Gasteiger partial charge in [0.05, 0.1) is 0 Å². The van der Waals surface area contributed by atoms with Crippen LogP contribution in [0.15, 0.2) is 24.3 Å². The Bertz CT molecular complexity index is 276. The van der Waals surface area contributed by atoms with Gasteiger partial charge < -0.3 is 5.73 Å². The molecule has 0 bridgehead atoms. The molecule has 1 rings (SSSR count). The molecule has 0 saturated carbocycles. The van der Waals surface area contributed by atoms with Gasteiger partial charge in [0.2, 0.25) is 0 Å². The van der Waals surface area contributed by atoms with Crippen LogP contribution in [0.3, 0.4) is 0 Å². The zero-order valence-corrected chi connectivity index (χ0v) is 9.32. The Hall–Kier alpha value is -0.630. The zero-order chi connectivity index (χ0) is 9.90. The lowest BCUT2D eigenvalue weighted by Gasteiger charge is -2.17. The number of hydrogen-bond donors (Lipinski definition) is 1. The van der Waals surface area contributed by atoms with Gasteiger partial charge in [0.25, 0.3) is 0 Å². The summed E-state index contributed by atoms with van der Waals surface area (Å²) in [7, 11) is 0. The van der Waals surface area contributed by atoms with Crippen molar-refractivity contribution >= 4 is 17.4 Å². The Morgan fingerprint density at radius 1 is 1.31 bits per heavy atom.